The van der Waals surface area contributed by atoms with E-state index in [0.29, 0.717) is 5.82 Å². The standard InChI is InChI=1S/C16H13ClFN5O/c1-9-6-10(2)23(22-9)14-7-13(19-8-20-14)21-16(24)15-11(17)4-3-5-12(15)18/h3-8H,1-2H3,(H,19,20,21,24). The zero-order valence-corrected chi connectivity index (χ0v) is 13.7. The van der Waals surface area contributed by atoms with Crippen LogP contribution in [0, 0.1) is 19.7 Å². The lowest BCUT2D eigenvalue weighted by atomic mass is 10.2. The number of nitrogens with zero attached hydrogens (tertiary/aromatic N) is 4. The number of carbonyl (C=O) groups is 1. The molecule has 24 heavy (non-hydrogen) atoms. The van der Waals surface area contributed by atoms with Crippen molar-refractivity contribution in [1.82, 2.24) is 19.7 Å². The first-order valence-electron chi connectivity index (χ1n) is 7.07. The molecule has 0 aliphatic heterocycles. The molecule has 0 fully saturated rings. The van der Waals surface area contributed by atoms with Crippen LogP contribution in [-0.4, -0.2) is 25.7 Å². The third kappa shape index (κ3) is 3.11. The molecule has 0 saturated heterocycles. The highest BCUT2D eigenvalue weighted by Crippen LogP contribution is 2.20. The van der Waals surface area contributed by atoms with E-state index in [4.69, 9.17) is 11.6 Å². The molecule has 0 saturated carbocycles. The fourth-order valence-electron chi connectivity index (χ4n) is 2.29. The number of nitrogens with one attached hydrogen (secondary N) is 1. The minimum atomic E-state index is -0.701. The number of carbonyl (C=O) groups excluding carboxylic acids is 1. The number of benzene rings is 1. The largest absolute Gasteiger partial charge is 0.306 e. The van der Waals surface area contributed by atoms with E-state index in [0.717, 1.165) is 11.4 Å². The normalized spacial score (nSPS) is 10.7. The van der Waals surface area contributed by atoms with Crippen LogP contribution in [0.25, 0.3) is 5.82 Å². The van der Waals surface area contributed by atoms with Crippen LogP contribution in [0.15, 0.2) is 36.7 Å². The summed E-state index contributed by atoms with van der Waals surface area (Å²) in [5, 5.41) is 6.87. The molecule has 8 heteroatoms. The lowest BCUT2D eigenvalue weighted by molar-refractivity contribution is 0.102. The average Bonchev–Trinajstić information content (AvgIpc) is 2.86. The van der Waals surface area contributed by atoms with E-state index in [9.17, 15) is 9.18 Å². The number of aromatic nitrogens is 4. The average molecular weight is 346 g/mol. The smallest absolute Gasteiger partial charge is 0.261 e. The Morgan fingerprint density at radius 3 is 2.71 bits per heavy atom. The highest BCUT2D eigenvalue weighted by molar-refractivity contribution is 6.34. The van der Waals surface area contributed by atoms with Gasteiger partial charge in [0.05, 0.1) is 16.3 Å². The van der Waals surface area contributed by atoms with Gasteiger partial charge in [0.15, 0.2) is 5.82 Å². The zero-order chi connectivity index (χ0) is 17.3. The quantitative estimate of drug-likeness (QED) is 0.790. The maximum absolute atomic E-state index is 13.8. The summed E-state index contributed by atoms with van der Waals surface area (Å²) in [7, 11) is 0. The van der Waals surface area contributed by atoms with Gasteiger partial charge in [-0.1, -0.05) is 17.7 Å². The summed E-state index contributed by atoms with van der Waals surface area (Å²) in [6, 6.07) is 7.49. The number of halogens is 2. The van der Waals surface area contributed by atoms with Gasteiger partial charge in [0.1, 0.15) is 18.0 Å². The zero-order valence-electron chi connectivity index (χ0n) is 12.9. The van der Waals surface area contributed by atoms with Crippen LogP contribution in [-0.2, 0) is 0 Å². The maximum atomic E-state index is 13.8. The van der Waals surface area contributed by atoms with Crippen LogP contribution < -0.4 is 5.32 Å². The van der Waals surface area contributed by atoms with Gasteiger partial charge in [-0.3, -0.25) is 4.79 Å². The molecule has 2 heterocycles. The van der Waals surface area contributed by atoms with Gasteiger partial charge in [-0.15, -0.1) is 0 Å². The van der Waals surface area contributed by atoms with Crippen molar-refractivity contribution in [2.75, 3.05) is 5.32 Å². The van der Waals surface area contributed by atoms with Crippen molar-refractivity contribution in [1.29, 1.82) is 0 Å². The molecular weight excluding hydrogens is 333 g/mol. The van der Waals surface area contributed by atoms with E-state index >= 15 is 0 Å². The van der Waals surface area contributed by atoms with Gasteiger partial charge in [0.25, 0.3) is 5.91 Å². The number of amides is 1. The molecule has 1 amide bonds. The van der Waals surface area contributed by atoms with Crippen LogP contribution in [0.4, 0.5) is 10.2 Å². The first kappa shape index (κ1) is 16.1. The van der Waals surface area contributed by atoms with Gasteiger partial charge >= 0.3 is 0 Å². The summed E-state index contributed by atoms with van der Waals surface area (Å²) in [6.45, 7) is 3.76. The molecule has 3 aromatic rings. The molecule has 3 rings (SSSR count). The van der Waals surface area contributed by atoms with Crippen molar-refractivity contribution < 1.29 is 9.18 Å². The Balaban J connectivity index is 1.90. The molecule has 0 unspecified atom stereocenters. The summed E-state index contributed by atoms with van der Waals surface area (Å²) in [6.07, 6.45) is 1.30. The van der Waals surface area contributed by atoms with Crippen molar-refractivity contribution in [3.05, 3.63) is 64.5 Å². The van der Waals surface area contributed by atoms with Gasteiger partial charge in [-0.2, -0.15) is 5.10 Å². The second-order valence-electron chi connectivity index (χ2n) is 5.15. The molecule has 0 aliphatic carbocycles. The monoisotopic (exact) mass is 345 g/mol. The third-order valence-electron chi connectivity index (χ3n) is 3.31. The van der Waals surface area contributed by atoms with Crippen molar-refractivity contribution in [3.63, 3.8) is 0 Å². The Hall–Kier alpha value is -2.80. The molecule has 0 radical (unpaired) electrons. The minimum Gasteiger partial charge on any atom is -0.306 e. The van der Waals surface area contributed by atoms with E-state index in [1.165, 1.54) is 24.5 Å². The molecule has 1 N–H and O–H groups in total. The fraction of sp³-hybridized carbons (Fsp3) is 0.125. The molecule has 6 nitrogen and oxygen atoms in total. The van der Waals surface area contributed by atoms with Crippen LogP contribution in [0.3, 0.4) is 0 Å². The Morgan fingerprint density at radius 1 is 1.25 bits per heavy atom. The number of aryl methyl sites for hydroxylation is 2. The molecule has 1 aromatic carbocycles. The summed E-state index contributed by atoms with van der Waals surface area (Å²) < 4.78 is 15.4. The lowest BCUT2D eigenvalue weighted by Gasteiger charge is -2.08. The van der Waals surface area contributed by atoms with Gasteiger partial charge in [-0.05, 0) is 32.0 Å². The topological polar surface area (TPSA) is 72.7 Å². The summed E-state index contributed by atoms with van der Waals surface area (Å²) in [5.41, 5.74) is 1.50. The van der Waals surface area contributed by atoms with E-state index < -0.39 is 11.7 Å². The highest BCUT2D eigenvalue weighted by Gasteiger charge is 2.17. The molecular formula is C16H13ClFN5O. The second kappa shape index (κ2) is 6.37. The predicted molar refractivity (Wildman–Crippen MR) is 88.0 cm³/mol. The van der Waals surface area contributed by atoms with E-state index in [1.54, 1.807) is 10.7 Å². The van der Waals surface area contributed by atoms with Crippen molar-refractivity contribution in [2.45, 2.75) is 13.8 Å². The van der Waals surface area contributed by atoms with Crippen molar-refractivity contribution >= 4 is 23.3 Å². The Kier molecular flexibility index (Phi) is 4.26. The van der Waals surface area contributed by atoms with Crippen LogP contribution in [0.1, 0.15) is 21.7 Å². The minimum absolute atomic E-state index is 0.0281. The van der Waals surface area contributed by atoms with Gasteiger partial charge < -0.3 is 5.32 Å². The highest BCUT2D eigenvalue weighted by atomic mass is 35.5. The van der Waals surface area contributed by atoms with E-state index in [1.807, 2.05) is 19.9 Å². The van der Waals surface area contributed by atoms with E-state index in [-0.39, 0.29) is 16.4 Å². The molecule has 2 aromatic heterocycles. The predicted octanol–water partition coefficient (Wildman–Crippen LogP) is 3.32. The molecule has 0 atom stereocenters. The summed E-state index contributed by atoms with van der Waals surface area (Å²) in [4.78, 5) is 20.4. The summed E-state index contributed by atoms with van der Waals surface area (Å²) >= 11 is 5.89. The Morgan fingerprint density at radius 2 is 2.04 bits per heavy atom. The Bertz CT molecular complexity index is 904. The molecule has 122 valence electrons. The van der Waals surface area contributed by atoms with Crippen LogP contribution in [0.2, 0.25) is 5.02 Å². The van der Waals surface area contributed by atoms with Crippen molar-refractivity contribution in [2.24, 2.45) is 0 Å². The first-order valence-corrected chi connectivity index (χ1v) is 7.44. The van der Waals surface area contributed by atoms with Crippen LogP contribution >= 0.6 is 11.6 Å². The van der Waals surface area contributed by atoms with Crippen LogP contribution in [0.5, 0.6) is 0 Å². The van der Waals surface area contributed by atoms with Gasteiger partial charge in [0.2, 0.25) is 0 Å². The number of hydrogen-bond acceptors (Lipinski definition) is 4. The lowest BCUT2D eigenvalue weighted by Crippen LogP contribution is -2.16. The third-order valence-corrected chi connectivity index (χ3v) is 3.63. The summed E-state index contributed by atoms with van der Waals surface area (Å²) in [5.74, 6) is -0.675. The number of hydrogen-bond donors (Lipinski definition) is 1. The molecule has 0 spiro atoms. The SMILES string of the molecule is Cc1cc(C)n(-c2cc(NC(=O)c3c(F)cccc3Cl)ncn2)n1. The van der Waals surface area contributed by atoms with E-state index in [2.05, 4.69) is 20.4 Å². The second-order valence-corrected chi connectivity index (χ2v) is 5.56. The molecule has 0 aliphatic rings. The maximum Gasteiger partial charge on any atom is 0.261 e. The fourth-order valence-corrected chi connectivity index (χ4v) is 2.53. The van der Waals surface area contributed by atoms with Gasteiger partial charge in [-0.25, -0.2) is 19.0 Å². The first-order chi connectivity index (χ1) is 11.5. The number of anilines is 1. The molecule has 0 bridgehead atoms. The Labute approximate surface area is 142 Å². The van der Waals surface area contributed by atoms with Crippen molar-refractivity contribution in [3.8, 4) is 5.82 Å². The number of rotatable bonds is 3. The van der Waals surface area contributed by atoms with Gasteiger partial charge in [0, 0.05) is 11.8 Å².